The van der Waals surface area contributed by atoms with E-state index in [4.69, 9.17) is 22.2 Å². The molecule has 0 atom stereocenters. The first-order chi connectivity index (χ1) is 14.0. The fraction of sp³-hybridized carbons (Fsp3) is 1.00. The van der Waals surface area contributed by atoms with Gasteiger partial charge in [0.2, 0.25) is 6.69 Å². The van der Waals surface area contributed by atoms with Gasteiger partial charge >= 0.3 is 0 Å². The first-order valence-electron chi connectivity index (χ1n) is 13.2. The summed E-state index contributed by atoms with van der Waals surface area (Å²) in [7, 11) is -3.44. The number of nitrogens with zero attached hydrogens (tertiary/aromatic N) is 1. The van der Waals surface area contributed by atoms with Crippen molar-refractivity contribution in [2.75, 3.05) is 6.54 Å². The fourth-order valence-electron chi connectivity index (χ4n) is 7.65. The number of hydrogen-bond acceptors (Lipinski definition) is 1. The van der Waals surface area contributed by atoms with Crippen LogP contribution >= 0.6 is 22.2 Å². The van der Waals surface area contributed by atoms with Crippen LogP contribution in [0.15, 0.2) is 0 Å². The molecule has 0 aromatic heterocycles. The van der Waals surface area contributed by atoms with Gasteiger partial charge < -0.3 is 4.23 Å². The Kier molecular flexibility index (Phi) is 13.8. The monoisotopic (exact) mass is 525 g/mol. The molecule has 0 heterocycles. The van der Waals surface area contributed by atoms with Gasteiger partial charge in [0.05, 0.1) is 0 Å². The summed E-state index contributed by atoms with van der Waals surface area (Å²) in [6.07, 6.45) is 5.10. The predicted octanol–water partition coefficient (Wildman–Crippen LogP) is 10.7. The SMILES string of the molecule is CC(C)[Si](C(C)C)(C(C)C)N(CCCCCC[Si](C)(Cl)Cl)[Si](C(C)C)(C(C)C)C(C)C. The molecular formula is C25H57Cl2NSi3. The van der Waals surface area contributed by atoms with E-state index >= 15 is 0 Å². The molecule has 0 saturated heterocycles. The van der Waals surface area contributed by atoms with Gasteiger partial charge in [-0.3, -0.25) is 0 Å². The highest BCUT2D eigenvalue weighted by Crippen LogP contribution is 2.53. The Labute approximate surface area is 210 Å². The zero-order valence-corrected chi connectivity index (χ0v) is 27.9. The van der Waals surface area contributed by atoms with Crippen molar-refractivity contribution in [2.45, 2.75) is 155 Å². The van der Waals surface area contributed by atoms with E-state index in [9.17, 15) is 0 Å². The Morgan fingerprint density at radius 2 is 0.806 bits per heavy atom. The molecular weight excluding hydrogens is 469 g/mol. The Bertz CT molecular complexity index is 424. The van der Waals surface area contributed by atoms with Gasteiger partial charge in [0.25, 0.3) is 0 Å². The average Bonchev–Trinajstić information content (AvgIpc) is 2.55. The molecule has 0 rings (SSSR count). The highest BCUT2D eigenvalue weighted by Gasteiger charge is 2.58. The number of hydrogen-bond donors (Lipinski definition) is 0. The van der Waals surface area contributed by atoms with Crippen LogP contribution in [0.2, 0.25) is 45.8 Å². The predicted molar refractivity (Wildman–Crippen MR) is 155 cm³/mol. The molecule has 0 aromatic carbocycles. The van der Waals surface area contributed by atoms with Crippen molar-refractivity contribution in [3.8, 4) is 0 Å². The second kappa shape index (κ2) is 13.3. The van der Waals surface area contributed by atoms with E-state index < -0.39 is 23.2 Å². The van der Waals surface area contributed by atoms with Crippen LogP contribution < -0.4 is 0 Å². The second-order valence-electron chi connectivity index (χ2n) is 12.1. The minimum Gasteiger partial charge on any atom is -0.344 e. The fourth-order valence-corrected chi connectivity index (χ4v) is 29.5. The quantitative estimate of drug-likeness (QED) is 0.116. The van der Waals surface area contributed by atoms with E-state index in [-0.39, 0.29) is 0 Å². The molecule has 0 radical (unpaired) electrons. The topological polar surface area (TPSA) is 3.24 Å². The highest BCUT2D eigenvalue weighted by atomic mass is 35.7. The van der Waals surface area contributed by atoms with Crippen LogP contribution in [0.5, 0.6) is 0 Å². The third-order valence-electron chi connectivity index (χ3n) is 8.23. The van der Waals surface area contributed by atoms with Gasteiger partial charge in [-0.2, -0.15) is 0 Å². The van der Waals surface area contributed by atoms with Gasteiger partial charge in [-0.05, 0) is 58.8 Å². The zero-order valence-electron chi connectivity index (χ0n) is 23.4. The number of rotatable bonds is 15. The summed E-state index contributed by atoms with van der Waals surface area (Å²) >= 11 is 12.7. The van der Waals surface area contributed by atoms with Crippen molar-refractivity contribution < 1.29 is 0 Å². The Morgan fingerprint density at radius 3 is 1.06 bits per heavy atom. The molecule has 0 unspecified atom stereocenters. The van der Waals surface area contributed by atoms with E-state index in [1.807, 2.05) is 0 Å². The standard InChI is InChI=1S/C25H57Cl2NSi3/c1-20(2)30(21(3)4,22(5)6)28(18-16-14-15-17-19-29(13,26)27)31(23(7)8,24(9)10)25(11)12/h20-25H,14-19H2,1-13H3. The minimum atomic E-state index is -1.94. The normalized spacial score (nSPS) is 14.5. The zero-order chi connectivity index (χ0) is 24.8. The lowest BCUT2D eigenvalue weighted by molar-refractivity contribution is 0.472. The number of unbranched alkanes of at least 4 members (excludes halogenated alkanes) is 3. The molecule has 188 valence electrons. The molecule has 0 spiro atoms. The maximum Gasteiger partial charge on any atom is 0.248 e. The molecule has 0 bridgehead atoms. The van der Waals surface area contributed by atoms with Crippen LogP contribution in [0, 0.1) is 0 Å². The molecule has 0 saturated carbocycles. The van der Waals surface area contributed by atoms with Gasteiger partial charge in [-0.25, -0.2) is 0 Å². The van der Waals surface area contributed by atoms with Gasteiger partial charge in [0.1, 0.15) is 16.5 Å². The Balaban J connectivity index is 6.19. The summed E-state index contributed by atoms with van der Waals surface area (Å²) < 4.78 is 3.32. The summed E-state index contributed by atoms with van der Waals surface area (Å²) in [5.74, 6) is 0. The van der Waals surface area contributed by atoms with Gasteiger partial charge in [0.15, 0.2) is 0 Å². The van der Waals surface area contributed by atoms with E-state index in [1.165, 1.54) is 32.2 Å². The lowest BCUT2D eigenvalue weighted by Gasteiger charge is -2.63. The van der Waals surface area contributed by atoms with Crippen molar-refractivity contribution in [3.63, 3.8) is 0 Å². The molecule has 1 nitrogen and oxygen atoms in total. The van der Waals surface area contributed by atoms with Crippen molar-refractivity contribution in [1.82, 2.24) is 4.23 Å². The molecule has 0 aliphatic heterocycles. The molecule has 0 aromatic rings. The Hall–Kier alpha value is 1.19. The van der Waals surface area contributed by atoms with Crippen LogP contribution in [0.4, 0.5) is 0 Å². The van der Waals surface area contributed by atoms with E-state index in [2.05, 4.69) is 93.9 Å². The maximum atomic E-state index is 6.33. The smallest absolute Gasteiger partial charge is 0.248 e. The molecule has 31 heavy (non-hydrogen) atoms. The van der Waals surface area contributed by atoms with E-state index in [0.29, 0.717) is 0 Å². The molecule has 0 fully saturated rings. The van der Waals surface area contributed by atoms with E-state index in [0.717, 1.165) is 39.3 Å². The van der Waals surface area contributed by atoms with Crippen LogP contribution in [0.3, 0.4) is 0 Å². The van der Waals surface area contributed by atoms with Crippen LogP contribution in [0.1, 0.15) is 109 Å². The first-order valence-corrected chi connectivity index (χ1v) is 22.2. The van der Waals surface area contributed by atoms with Gasteiger partial charge in [-0.15, -0.1) is 22.2 Å². The molecule has 0 aliphatic carbocycles. The summed E-state index contributed by atoms with van der Waals surface area (Å²) in [5, 5.41) is 0. The van der Waals surface area contributed by atoms with Crippen LogP contribution in [-0.4, -0.2) is 33.9 Å². The third-order valence-corrected chi connectivity index (χ3v) is 26.3. The first kappa shape index (κ1) is 32.2. The van der Waals surface area contributed by atoms with Crippen molar-refractivity contribution in [1.29, 1.82) is 0 Å². The summed E-state index contributed by atoms with van der Waals surface area (Å²) in [6, 6.07) is 1.03. The molecule has 0 amide bonds. The summed E-state index contributed by atoms with van der Waals surface area (Å²) in [5.41, 5.74) is 4.64. The van der Waals surface area contributed by atoms with Gasteiger partial charge in [-0.1, -0.05) is 102 Å². The maximum absolute atomic E-state index is 6.33. The lowest BCUT2D eigenvalue weighted by atomic mass is 10.2. The molecule has 0 aliphatic rings. The lowest BCUT2D eigenvalue weighted by Crippen LogP contribution is -2.73. The van der Waals surface area contributed by atoms with E-state index in [1.54, 1.807) is 0 Å². The summed E-state index contributed by atoms with van der Waals surface area (Å²) in [6.45, 7) is 32.0. The summed E-state index contributed by atoms with van der Waals surface area (Å²) in [4.78, 5) is 0. The number of halogens is 2. The van der Waals surface area contributed by atoms with Crippen molar-refractivity contribution >= 4 is 45.3 Å². The third kappa shape index (κ3) is 7.59. The van der Waals surface area contributed by atoms with Crippen LogP contribution in [0.25, 0.3) is 0 Å². The highest BCUT2D eigenvalue weighted by molar-refractivity contribution is 7.44. The van der Waals surface area contributed by atoms with Crippen molar-refractivity contribution in [2.24, 2.45) is 0 Å². The van der Waals surface area contributed by atoms with Crippen LogP contribution in [-0.2, 0) is 0 Å². The van der Waals surface area contributed by atoms with Crippen molar-refractivity contribution in [3.05, 3.63) is 0 Å². The second-order valence-corrected chi connectivity index (χ2v) is 32.3. The minimum absolute atomic E-state index is 0.773. The Morgan fingerprint density at radius 1 is 0.516 bits per heavy atom. The largest absolute Gasteiger partial charge is 0.344 e. The average molecular weight is 527 g/mol. The molecule has 0 N–H and O–H groups in total. The molecule has 6 heteroatoms. The van der Waals surface area contributed by atoms with Gasteiger partial charge in [0, 0.05) is 0 Å².